The van der Waals surface area contributed by atoms with Gasteiger partial charge in [-0.2, -0.15) is 8.78 Å². The Bertz CT molecular complexity index is 1140. The molecule has 1 amide bonds. The van der Waals surface area contributed by atoms with Crippen LogP contribution in [0.4, 0.5) is 17.6 Å². The van der Waals surface area contributed by atoms with E-state index in [1.807, 2.05) is 4.90 Å². The first-order valence-electron chi connectivity index (χ1n) is 13.1. The monoisotopic (exact) mass is 536 g/mol. The van der Waals surface area contributed by atoms with E-state index in [1.165, 1.54) is 18.2 Å². The predicted molar refractivity (Wildman–Crippen MR) is 132 cm³/mol. The lowest BCUT2D eigenvalue weighted by Crippen LogP contribution is -2.57. The molecule has 206 valence electrons. The summed E-state index contributed by atoms with van der Waals surface area (Å²) >= 11 is 0. The molecule has 0 radical (unpaired) electrons. The molecule has 0 aromatic rings. The van der Waals surface area contributed by atoms with Gasteiger partial charge in [-0.15, -0.1) is 0 Å². The van der Waals surface area contributed by atoms with Gasteiger partial charge in [-0.25, -0.2) is 8.78 Å². The molecular weight excluding hydrogens is 504 g/mol. The highest BCUT2D eigenvalue weighted by Crippen LogP contribution is 2.36. The van der Waals surface area contributed by atoms with Crippen molar-refractivity contribution in [2.24, 2.45) is 5.92 Å². The molecule has 38 heavy (non-hydrogen) atoms. The fourth-order valence-corrected chi connectivity index (χ4v) is 5.38. The molecule has 0 bridgehead atoms. The van der Waals surface area contributed by atoms with Crippen molar-refractivity contribution < 1.29 is 36.9 Å². The van der Waals surface area contributed by atoms with Gasteiger partial charge in [-0.05, 0) is 50.1 Å². The average Bonchev–Trinajstić information content (AvgIpc) is 2.90. The van der Waals surface area contributed by atoms with Crippen LogP contribution in [-0.2, 0) is 14.3 Å². The molecule has 6 nitrogen and oxygen atoms in total. The van der Waals surface area contributed by atoms with Gasteiger partial charge in [0, 0.05) is 30.9 Å². The summed E-state index contributed by atoms with van der Waals surface area (Å²) in [6.07, 6.45) is 8.52. The van der Waals surface area contributed by atoms with Gasteiger partial charge in [0.2, 0.25) is 0 Å². The van der Waals surface area contributed by atoms with Crippen LogP contribution in [0.1, 0.15) is 32.1 Å². The van der Waals surface area contributed by atoms with E-state index in [1.54, 1.807) is 12.2 Å². The zero-order valence-corrected chi connectivity index (χ0v) is 21.0. The standard InChI is InChI=1S/C28H32F4N2O4/c29-21-8-4-18(5-9-21)17-2-6-20(7-3-17)28(31,32)27(36)33-23(16-34-10-1-11-34)25(35)19-14-22(30)26-24(15-19)37-12-13-38-26/h2,4,6-8,14,17,23-25,35H,1,3,5,9-13,15-16H2,(H,33,36)/t17?,23-,24?,25-/m1/s1. The summed E-state index contributed by atoms with van der Waals surface area (Å²) in [6, 6.07) is -1.08. The van der Waals surface area contributed by atoms with Gasteiger partial charge >= 0.3 is 5.92 Å². The second-order valence-electron chi connectivity index (χ2n) is 10.3. The minimum atomic E-state index is -3.83. The van der Waals surface area contributed by atoms with Crippen LogP contribution < -0.4 is 5.32 Å². The van der Waals surface area contributed by atoms with Crippen molar-refractivity contribution in [1.29, 1.82) is 0 Å². The zero-order valence-electron chi connectivity index (χ0n) is 21.0. The van der Waals surface area contributed by atoms with Crippen molar-refractivity contribution in [1.82, 2.24) is 10.2 Å². The number of hydrogen-bond donors (Lipinski definition) is 2. The number of rotatable bonds is 8. The summed E-state index contributed by atoms with van der Waals surface area (Å²) in [5.74, 6) is -6.29. The van der Waals surface area contributed by atoms with Crippen LogP contribution in [0, 0.1) is 5.92 Å². The van der Waals surface area contributed by atoms with Crippen molar-refractivity contribution >= 4 is 5.91 Å². The number of halogens is 4. The van der Waals surface area contributed by atoms with E-state index in [4.69, 9.17) is 9.47 Å². The SMILES string of the molecule is O=C(N[C@H](CN1CCC1)[C@H](O)C1=CC(F)=C2OCCOC2C1)C(F)(F)C1=CCC(C2=CC=C(F)CC2)C=C1. The van der Waals surface area contributed by atoms with Crippen LogP contribution >= 0.6 is 0 Å². The fraction of sp³-hybridized carbons (Fsp3) is 0.536. The molecule has 2 aliphatic heterocycles. The minimum Gasteiger partial charge on any atom is -0.490 e. The Morgan fingerprint density at radius 1 is 1.21 bits per heavy atom. The lowest BCUT2D eigenvalue weighted by atomic mass is 9.84. The fourth-order valence-electron chi connectivity index (χ4n) is 5.38. The normalized spacial score (nSPS) is 27.6. The third-order valence-corrected chi connectivity index (χ3v) is 7.76. The molecule has 10 heteroatoms. The number of ether oxygens (including phenoxy) is 2. The Hall–Kier alpha value is -2.69. The lowest BCUT2D eigenvalue weighted by Gasteiger charge is -2.38. The van der Waals surface area contributed by atoms with Crippen LogP contribution in [0.15, 0.2) is 70.6 Å². The Morgan fingerprint density at radius 2 is 2.03 bits per heavy atom. The number of nitrogens with one attached hydrogen (secondary N) is 1. The van der Waals surface area contributed by atoms with E-state index in [0.29, 0.717) is 12.8 Å². The van der Waals surface area contributed by atoms with Crippen LogP contribution in [0.2, 0.25) is 0 Å². The number of carbonyl (C=O) groups excluding carboxylic acids is 1. The van der Waals surface area contributed by atoms with E-state index < -0.39 is 41.5 Å². The number of allylic oxidation sites excluding steroid dienone is 9. The number of aliphatic hydroxyl groups excluding tert-OH is 1. The number of alkyl halides is 2. The van der Waals surface area contributed by atoms with Gasteiger partial charge in [0.25, 0.3) is 5.91 Å². The van der Waals surface area contributed by atoms with Crippen LogP contribution in [0.25, 0.3) is 0 Å². The molecular formula is C28H32F4N2O4. The summed E-state index contributed by atoms with van der Waals surface area (Å²) in [5, 5.41) is 13.5. The molecule has 0 spiro atoms. The Kier molecular flexibility index (Phi) is 7.93. The van der Waals surface area contributed by atoms with E-state index in [9.17, 15) is 18.7 Å². The molecule has 2 N–H and O–H groups in total. The Morgan fingerprint density at radius 3 is 2.68 bits per heavy atom. The smallest absolute Gasteiger partial charge is 0.349 e. The van der Waals surface area contributed by atoms with E-state index in [-0.39, 0.29) is 55.7 Å². The number of hydrogen-bond acceptors (Lipinski definition) is 5. The second-order valence-corrected chi connectivity index (χ2v) is 10.3. The van der Waals surface area contributed by atoms with Crippen molar-refractivity contribution in [2.75, 3.05) is 32.8 Å². The van der Waals surface area contributed by atoms with Crippen molar-refractivity contribution in [2.45, 2.75) is 56.3 Å². The lowest BCUT2D eigenvalue weighted by molar-refractivity contribution is -0.142. The zero-order chi connectivity index (χ0) is 26.9. The van der Waals surface area contributed by atoms with E-state index in [2.05, 4.69) is 5.32 Å². The largest absolute Gasteiger partial charge is 0.490 e. The summed E-state index contributed by atoms with van der Waals surface area (Å²) in [5.41, 5.74) is 0.785. The summed E-state index contributed by atoms with van der Waals surface area (Å²) in [7, 11) is 0. The number of carbonyl (C=O) groups is 1. The molecule has 2 fully saturated rings. The molecule has 0 aromatic heterocycles. The van der Waals surface area contributed by atoms with E-state index in [0.717, 1.165) is 31.2 Å². The van der Waals surface area contributed by atoms with Crippen molar-refractivity contribution in [3.8, 4) is 0 Å². The van der Waals surface area contributed by atoms with Gasteiger partial charge in [0.15, 0.2) is 11.6 Å². The van der Waals surface area contributed by atoms with Crippen LogP contribution in [0.3, 0.4) is 0 Å². The second kappa shape index (κ2) is 11.2. The average molecular weight is 537 g/mol. The van der Waals surface area contributed by atoms with Crippen LogP contribution in [-0.4, -0.2) is 72.9 Å². The third-order valence-electron chi connectivity index (χ3n) is 7.76. The number of aliphatic hydroxyl groups is 1. The minimum absolute atomic E-state index is 0.0709. The quantitative estimate of drug-likeness (QED) is 0.456. The first-order valence-corrected chi connectivity index (χ1v) is 13.1. The number of likely N-dealkylation sites (tertiary alicyclic amines) is 1. The summed E-state index contributed by atoms with van der Waals surface area (Å²) in [4.78, 5) is 14.8. The molecule has 0 aromatic carbocycles. The predicted octanol–water partition coefficient (Wildman–Crippen LogP) is 4.18. The van der Waals surface area contributed by atoms with Gasteiger partial charge in [-0.1, -0.05) is 29.9 Å². The van der Waals surface area contributed by atoms with Gasteiger partial charge in [-0.3, -0.25) is 4.79 Å². The molecule has 2 saturated heterocycles. The third kappa shape index (κ3) is 5.67. The maximum Gasteiger partial charge on any atom is 0.349 e. The first kappa shape index (κ1) is 26.9. The van der Waals surface area contributed by atoms with Gasteiger partial charge < -0.3 is 24.8 Å². The van der Waals surface area contributed by atoms with Gasteiger partial charge in [0.1, 0.15) is 18.5 Å². The first-order chi connectivity index (χ1) is 18.2. The van der Waals surface area contributed by atoms with Crippen molar-refractivity contribution in [3.05, 3.63) is 70.6 Å². The highest BCUT2D eigenvalue weighted by Gasteiger charge is 2.45. The van der Waals surface area contributed by atoms with Crippen LogP contribution in [0.5, 0.6) is 0 Å². The molecule has 2 heterocycles. The molecule has 4 atom stereocenters. The highest BCUT2D eigenvalue weighted by atomic mass is 19.3. The molecule has 2 unspecified atom stereocenters. The number of fused-ring (bicyclic) bond motifs is 1. The number of amides is 1. The topological polar surface area (TPSA) is 71.0 Å². The molecule has 5 rings (SSSR count). The summed E-state index contributed by atoms with van der Waals surface area (Å²) in [6.45, 7) is 2.09. The summed E-state index contributed by atoms with van der Waals surface area (Å²) < 4.78 is 69.4. The Labute approximate surface area is 219 Å². The van der Waals surface area contributed by atoms with E-state index >= 15 is 8.78 Å². The van der Waals surface area contributed by atoms with Crippen molar-refractivity contribution in [3.63, 3.8) is 0 Å². The highest BCUT2D eigenvalue weighted by molar-refractivity contribution is 5.88. The molecule has 5 aliphatic rings. The maximum absolute atomic E-state index is 15.3. The maximum atomic E-state index is 15.3. The molecule has 3 aliphatic carbocycles. The number of nitrogens with zero attached hydrogens (tertiary/aromatic N) is 1. The Balaban J connectivity index is 1.28. The van der Waals surface area contributed by atoms with Gasteiger partial charge in [0.05, 0.1) is 18.8 Å². The molecule has 0 saturated carbocycles.